The summed E-state index contributed by atoms with van der Waals surface area (Å²) in [4.78, 5) is 19.0. The van der Waals surface area contributed by atoms with Crippen LogP contribution in [-0.4, -0.2) is 47.1 Å². The smallest absolute Gasteiger partial charge is 0.272 e. The third-order valence-electron chi connectivity index (χ3n) is 4.88. The number of pyridine rings is 1. The Kier molecular flexibility index (Phi) is 5.23. The summed E-state index contributed by atoms with van der Waals surface area (Å²) in [7, 11) is 0. The van der Waals surface area contributed by atoms with Gasteiger partial charge < -0.3 is 20.1 Å². The van der Waals surface area contributed by atoms with E-state index in [1.807, 2.05) is 53.4 Å². The fourth-order valence-electron chi connectivity index (χ4n) is 3.27. The lowest BCUT2D eigenvalue weighted by atomic mass is 10.1. The molecular weight excluding hydrogens is 354 g/mol. The van der Waals surface area contributed by atoms with Gasteiger partial charge in [0.25, 0.3) is 5.91 Å². The van der Waals surface area contributed by atoms with E-state index >= 15 is 0 Å². The number of aliphatic hydroxyl groups excluding tert-OH is 1. The Labute approximate surface area is 163 Å². The van der Waals surface area contributed by atoms with Gasteiger partial charge in [0, 0.05) is 31.6 Å². The molecule has 2 N–H and O–H groups in total. The number of fused-ring (bicyclic) bond motifs is 1. The molecule has 3 aromatic rings. The molecule has 1 amide bonds. The maximum absolute atomic E-state index is 12.6. The number of nitrogens with zero attached hydrogens (tertiary/aromatic N) is 2. The molecule has 1 aliphatic heterocycles. The van der Waals surface area contributed by atoms with Crippen molar-refractivity contribution in [1.29, 1.82) is 0 Å². The van der Waals surface area contributed by atoms with Gasteiger partial charge in [0.15, 0.2) is 0 Å². The number of piperazine rings is 1. The number of nitrogens with one attached hydrogen (secondary N) is 1. The highest BCUT2D eigenvalue weighted by Crippen LogP contribution is 2.26. The largest absolute Gasteiger partial charge is 0.457 e. The van der Waals surface area contributed by atoms with Gasteiger partial charge in [-0.25, -0.2) is 4.98 Å². The second-order valence-corrected chi connectivity index (χ2v) is 6.94. The molecule has 6 heteroatoms. The van der Waals surface area contributed by atoms with Crippen LogP contribution in [0.25, 0.3) is 10.9 Å². The number of rotatable bonds is 4. The minimum absolute atomic E-state index is 0.0260. The molecule has 1 aromatic heterocycles. The quantitative estimate of drug-likeness (QED) is 0.731. The van der Waals surface area contributed by atoms with E-state index in [0.717, 1.165) is 29.6 Å². The van der Waals surface area contributed by atoms with Crippen LogP contribution in [0.5, 0.6) is 11.5 Å². The Morgan fingerprint density at radius 1 is 1.07 bits per heavy atom. The topological polar surface area (TPSA) is 74.7 Å². The molecule has 28 heavy (non-hydrogen) atoms. The van der Waals surface area contributed by atoms with Crippen LogP contribution in [0.3, 0.4) is 0 Å². The molecule has 0 radical (unpaired) electrons. The Bertz CT molecular complexity index is 980. The number of hydrogen-bond donors (Lipinski definition) is 2. The van der Waals surface area contributed by atoms with Gasteiger partial charge in [0.2, 0.25) is 0 Å². The van der Waals surface area contributed by atoms with E-state index in [2.05, 4.69) is 10.3 Å². The molecule has 0 bridgehead atoms. The SMILES string of the molecule is CC(O)c1ccc(Oc2ccc3nc(C(=O)N4CCNCC4)ccc3c2)cc1. The van der Waals surface area contributed by atoms with Crippen molar-refractivity contribution >= 4 is 16.8 Å². The summed E-state index contributed by atoms with van der Waals surface area (Å²) in [5.41, 5.74) is 2.08. The normalized spacial score (nSPS) is 15.4. The van der Waals surface area contributed by atoms with Crippen LogP contribution in [0.2, 0.25) is 0 Å². The number of hydrogen-bond acceptors (Lipinski definition) is 5. The second kappa shape index (κ2) is 7.96. The molecule has 4 rings (SSSR count). The van der Waals surface area contributed by atoms with Gasteiger partial charge in [-0.2, -0.15) is 0 Å². The van der Waals surface area contributed by atoms with Gasteiger partial charge in [0.1, 0.15) is 17.2 Å². The number of ether oxygens (including phenoxy) is 1. The molecule has 1 atom stereocenters. The maximum Gasteiger partial charge on any atom is 0.272 e. The molecule has 1 saturated heterocycles. The molecular formula is C22H23N3O3. The van der Waals surface area contributed by atoms with Gasteiger partial charge in [0.05, 0.1) is 11.6 Å². The molecule has 0 spiro atoms. The van der Waals surface area contributed by atoms with Crippen molar-refractivity contribution < 1.29 is 14.6 Å². The monoisotopic (exact) mass is 377 g/mol. The minimum atomic E-state index is -0.501. The predicted molar refractivity (Wildman–Crippen MR) is 108 cm³/mol. The number of aromatic nitrogens is 1. The molecule has 1 aliphatic rings. The summed E-state index contributed by atoms with van der Waals surface area (Å²) < 4.78 is 5.90. The van der Waals surface area contributed by atoms with Crippen LogP contribution in [-0.2, 0) is 0 Å². The van der Waals surface area contributed by atoms with Crippen molar-refractivity contribution in [2.24, 2.45) is 0 Å². The van der Waals surface area contributed by atoms with E-state index in [1.165, 1.54) is 0 Å². The first kappa shape index (κ1) is 18.4. The molecule has 144 valence electrons. The van der Waals surface area contributed by atoms with Crippen LogP contribution in [0.4, 0.5) is 0 Å². The minimum Gasteiger partial charge on any atom is -0.457 e. The van der Waals surface area contributed by atoms with E-state index in [-0.39, 0.29) is 5.91 Å². The number of carbonyl (C=O) groups excluding carboxylic acids is 1. The number of carbonyl (C=O) groups is 1. The molecule has 2 aromatic carbocycles. The van der Waals surface area contributed by atoms with E-state index in [0.29, 0.717) is 30.3 Å². The Hall–Kier alpha value is -2.96. The second-order valence-electron chi connectivity index (χ2n) is 6.94. The zero-order valence-electron chi connectivity index (χ0n) is 15.8. The maximum atomic E-state index is 12.6. The third-order valence-corrected chi connectivity index (χ3v) is 4.88. The zero-order valence-corrected chi connectivity index (χ0v) is 15.8. The molecule has 6 nitrogen and oxygen atoms in total. The van der Waals surface area contributed by atoms with Crippen LogP contribution >= 0.6 is 0 Å². The van der Waals surface area contributed by atoms with E-state index < -0.39 is 6.10 Å². The summed E-state index contributed by atoms with van der Waals surface area (Å²) >= 11 is 0. The highest BCUT2D eigenvalue weighted by molar-refractivity contribution is 5.95. The predicted octanol–water partition coefficient (Wildman–Crippen LogP) is 3.13. The van der Waals surface area contributed by atoms with E-state index in [4.69, 9.17) is 4.74 Å². The summed E-state index contributed by atoms with van der Waals surface area (Å²) in [6.07, 6.45) is -0.501. The average molecular weight is 377 g/mol. The standard InChI is InChI=1S/C22H23N3O3/c1-15(26)16-2-5-18(6-3-16)28-19-7-9-20-17(14-19)4-8-21(24-20)22(27)25-12-10-23-11-13-25/h2-9,14-15,23,26H,10-13H2,1H3. The summed E-state index contributed by atoms with van der Waals surface area (Å²) in [5, 5.41) is 13.7. The number of benzene rings is 2. The summed E-state index contributed by atoms with van der Waals surface area (Å²) in [5.74, 6) is 1.37. The van der Waals surface area contributed by atoms with Crippen LogP contribution in [0.15, 0.2) is 54.6 Å². The van der Waals surface area contributed by atoms with E-state index in [9.17, 15) is 9.90 Å². The lowest BCUT2D eigenvalue weighted by Crippen LogP contribution is -2.46. The Morgan fingerprint density at radius 2 is 1.79 bits per heavy atom. The molecule has 1 unspecified atom stereocenters. The van der Waals surface area contributed by atoms with Gasteiger partial charge in [-0.05, 0) is 48.9 Å². The highest BCUT2D eigenvalue weighted by Gasteiger charge is 2.19. The molecule has 0 saturated carbocycles. The molecule has 0 aliphatic carbocycles. The van der Waals surface area contributed by atoms with Crippen LogP contribution < -0.4 is 10.1 Å². The first-order valence-corrected chi connectivity index (χ1v) is 9.47. The summed E-state index contributed by atoms with van der Waals surface area (Å²) in [6, 6.07) is 16.6. The van der Waals surface area contributed by atoms with Gasteiger partial charge >= 0.3 is 0 Å². The number of aliphatic hydroxyl groups is 1. The van der Waals surface area contributed by atoms with Crippen molar-refractivity contribution in [3.63, 3.8) is 0 Å². The van der Waals surface area contributed by atoms with Gasteiger partial charge in [-0.3, -0.25) is 4.79 Å². The third kappa shape index (κ3) is 3.98. The van der Waals surface area contributed by atoms with Crippen LogP contribution in [0, 0.1) is 0 Å². The fourth-order valence-corrected chi connectivity index (χ4v) is 3.27. The van der Waals surface area contributed by atoms with Gasteiger partial charge in [-0.15, -0.1) is 0 Å². The van der Waals surface area contributed by atoms with Crippen molar-refractivity contribution in [3.8, 4) is 11.5 Å². The Morgan fingerprint density at radius 3 is 2.50 bits per heavy atom. The lowest BCUT2D eigenvalue weighted by Gasteiger charge is -2.27. The van der Waals surface area contributed by atoms with Crippen molar-refractivity contribution in [3.05, 3.63) is 65.9 Å². The molecule has 1 fully saturated rings. The zero-order chi connectivity index (χ0) is 19.5. The lowest BCUT2D eigenvalue weighted by molar-refractivity contribution is 0.0730. The Balaban J connectivity index is 1.52. The number of amides is 1. The van der Waals surface area contributed by atoms with Crippen molar-refractivity contribution in [2.45, 2.75) is 13.0 Å². The van der Waals surface area contributed by atoms with Crippen molar-refractivity contribution in [1.82, 2.24) is 15.2 Å². The first-order chi connectivity index (χ1) is 13.6. The first-order valence-electron chi connectivity index (χ1n) is 9.47. The molecule has 2 heterocycles. The van der Waals surface area contributed by atoms with E-state index in [1.54, 1.807) is 13.0 Å². The fraction of sp³-hybridized carbons (Fsp3) is 0.273. The average Bonchev–Trinajstić information content (AvgIpc) is 2.74. The van der Waals surface area contributed by atoms with Crippen LogP contribution in [0.1, 0.15) is 29.1 Å². The summed E-state index contributed by atoms with van der Waals surface area (Å²) in [6.45, 7) is 4.78. The highest BCUT2D eigenvalue weighted by atomic mass is 16.5. The van der Waals surface area contributed by atoms with Gasteiger partial charge in [-0.1, -0.05) is 18.2 Å². The van der Waals surface area contributed by atoms with Crippen molar-refractivity contribution in [2.75, 3.05) is 26.2 Å².